The number of para-hydroxylation sites is 1. The minimum Gasteiger partial charge on any atom is -0.496 e. The van der Waals surface area contributed by atoms with Crippen molar-refractivity contribution in [2.45, 2.75) is 37.0 Å². The third-order valence-corrected chi connectivity index (χ3v) is 8.58. The fraction of sp³-hybridized carbons (Fsp3) is 0.364. The Hall–Kier alpha value is -2.29. The molecule has 1 saturated heterocycles. The molecular formula is C22H25N3O3S2. The summed E-state index contributed by atoms with van der Waals surface area (Å²) in [6, 6.07) is 15.0. The minimum atomic E-state index is -3.46. The number of hydrogen-bond acceptors (Lipinski definition) is 6. The van der Waals surface area contributed by atoms with E-state index in [-0.39, 0.29) is 5.92 Å². The van der Waals surface area contributed by atoms with Crippen molar-refractivity contribution < 1.29 is 13.2 Å². The first-order valence-electron chi connectivity index (χ1n) is 10.1. The van der Waals surface area contributed by atoms with Gasteiger partial charge in [-0.2, -0.15) is 4.31 Å². The van der Waals surface area contributed by atoms with E-state index in [0.29, 0.717) is 18.0 Å². The van der Waals surface area contributed by atoms with Crippen LogP contribution in [0.4, 0.5) is 0 Å². The van der Waals surface area contributed by atoms with Crippen LogP contribution >= 0.6 is 11.3 Å². The van der Waals surface area contributed by atoms with Crippen molar-refractivity contribution >= 4 is 21.4 Å². The average Bonchev–Trinajstić information content (AvgIpc) is 3.29. The zero-order chi connectivity index (χ0) is 21.1. The van der Waals surface area contributed by atoms with Crippen LogP contribution in [0.1, 0.15) is 36.3 Å². The van der Waals surface area contributed by atoms with Crippen LogP contribution in [0.2, 0.25) is 0 Å². The van der Waals surface area contributed by atoms with Gasteiger partial charge in [0.2, 0.25) is 10.0 Å². The summed E-state index contributed by atoms with van der Waals surface area (Å²) < 4.78 is 33.0. The largest absolute Gasteiger partial charge is 0.496 e. The quantitative estimate of drug-likeness (QED) is 0.567. The Kier molecular flexibility index (Phi) is 6.17. The van der Waals surface area contributed by atoms with Gasteiger partial charge in [-0.3, -0.25) is 0 Å². The Bertz CT molecular complexity index is 1100. The Balaban J connectivity index is 1.45. The molecule has 30 heavy (non-hydrogen) atoms. The van der Waals surface area contributed by atoms with Gasteiger partial charge in [0.25, 0.3) is 0 Å². The number of benzene rings is 2. The van der Waals surface area contributed by atoms with E-state index in [9.17, 15) is 8.42 Å². The molecule has 1 aliphatic heterocycles. The Labute approximate surface area is 181 Å². The fourth-order valence-corrected chi connectivity index (χ4v) is 6.23. The van der Waals surface area contributed by atoms with E-state index in [2.05, 4.69) is 17.1 Å². The lowest BCUT2D eigenvalue weighted by Gasteiger charge is -2.30. The maximum Gasteiger partial charge on any atom is 0.243 e. The van der Waals surface area contributed by atoms with Crippen molar-refractivity contribution in [3.8, 4) is 16.3 Å². The number of rotatable bonds is 6. The number of piperidine rings is 1. The molecule has 0 aliphatic carbocycles. The molecule has 4 rings (SSSR count). The van der Waals surface area contributed by atoms with Gasteiger partial charge in [0, 0.05) is 19.0 Å². The van der Waals surface area contributed by atoms with Crippen molar-refractivity contribution in [3.05, 3.63) is 59.1 Å². The summed E-state index contributed by atoms with van der Waals surface area (Å²) in [4.78, 5) is 0.368. The number of aromatic nitrogens is 2. The molecule has 2 aromatic carbocycles. The number of hydrogen-bond donors (Lipinski definition) is 0. The third kappa shape index (κ3) is 4.12. The molecule has 0 N–H and O–H groups in total. The number of aryl methyl sites for hydroxylation is 1. The van der Waals surface area contributed by atoms with E-state index in [1.165, 1.54) is 0 Å². The highest BCUT2D eigenvalue weighted by atomic mass is 32.2. The summed E-state index contributed by atoms with van der Waals surface area (Å²) in [5.41, 5.74) is 2.06. The van der Waals surface area contributed by atoms with Gasteiger partial charge in [-0.05, 0) is 49.1 Å². The molecule has 1 fully saturated rings. The fourth-order valence-electron chi connectivity index (χ4n) is 3.72. The second-order valence-electron chi connectivity index (χ2n) is 7.32. The van der Waals surface area contributed by atoms with Crippen molar-refractivity contribution in [1.82, 2.24) is 14.5 Å². The molecule has 0 amide bonds. The topological polar surface area (TPSA) is 72.4 Å². The van der Waals surface area contributed by atoms with Gasteiger partial charge in [-0.25, -0.2) is 8.42 Å². The molecule has 0 saturated carbocycles. The second kappa shape index (κ2) is 8.83. The molecule has 2 heterocycles. The van der Waals surface area contributed by atoms with E-state index < -0.39 is 10.0 Å². The normalized spacial score (nSPS) is 15.9. The van der Waals surface area contributed by atoms with Gasteiger partial charge < -0.3 is 4.74 Å². The van der Waals surface area contributed by atoms with Crippen molar-refractivity contribution in [1.29, 1.82) is 0 Å². The third-order valence-electron chi connectivity index (χ3n) is 5.55. The predicted molar refractivity (Wildman–Crippen MR) is 118 cm³/mol. The molecule has 1 aromatic heterocycles. The molecule has 0 spiro atoms. The number of methoxy groups -OCH3 is 1. The number of nitrogens with zero attached hydrogens (tertiary/aromatic N) is 3. The maximum atomic E-state index is 13.0. The van der Waals surface area contributed by atoms with Gasteiger partial charge in [-0.15, -0.1) is 10.2 Å². The molecule has 0 bridgehead atoms. The van der Waals surface area contributed by atoms with Gasteiger partial charge >= 0.3 is 0 Å². The van der Waals surface area contributed by atoms with Crippen LogP contribution in [0.15, 0.2) is 53.4 Å². The van der Waals surface area contributed by atoms with E-state index >= 15 is 0 Å². The van der Waals surface area contributed by atoms with Crippen LogP contribution in [0.25, 0.3) is 10.6 Å². The zero-order valence-electron chi connectivity index (χ0n) is 17.1. The molecule has 3 aromatic rings. The first-order valence-corrected chi connectivity index (χ1v) is 12.3. The Morgan fingerprint density at radius 3 is 2.43 bits per heavy atom. The lowest BCUT2D eigenvalue weighted by molar-refractivity contribution is 0.318. The summed E-state index contributed by atoms with van der Waals surface area (Å²) >= 11 is 1.56. The minimum absolute atomic E-state index is 0.222. The summed E-state index contributed by atoms with van der Waals surface area (Å²) in [6.45, 7) is 3.04. The predicted octanol–water partition coefficient (Wildman–Crippen LogP) is 4.34. The van der Waals surface area contributed by atoms with Crippen LogP contribution in [0.3, 0.4) is 0 Å². The van der Waals surface area contributed by atoms with Crippen LogP contribution in [-0.2, 0) is 16.4 Å². The standard InChI is InChI=1S/C22H25N3O3S2/c1-3-16-8-10-18(11-9-16)30(26,27)25-14-12-17(13-15-25)21-23-24-22(29-21)19-6-4-5-7-20(19)28-2/h4-11,17H,3,12-15H2,1-2H3. The highest BCUT2D eigenvalue weighted by Crippen LogP contribution is 2.37. The zero-order valence-corrected chi connectivity index (χ0v) is 18.7. The first kappa shape index (κ1) is 21.0. The van der Waals surface area contributed by atoms with Crippen LogP contribution in [0.5, 0.6) is 5.75 Å². The maximum absolute atomic E-state index is 13.0. The monoisotopic (exact) mass is 443 g/mol. The Morgan fingerprint density at radius 1 is 1.07 bits per heavy atom. The van der Waals surface area contributed by atoms with Gasteiger partial charge in [0.05, 0.1) is 17.6 Å². The second-order valence-corrected chi connectivity index (χ2v) is 10.3. The van der Waals surface area contributed by atoms with Gasteiger partial charge in [0.15, 0.2) is 5.01 Å². The van der Waals surface area contributed by atoms with Crippen LogP contribution < -0.4 is 4.74 Å². The lowest BCUT2D eigenvalue weighted by Crippen LogP contribution is -2.37. The highest BCUT2D eigenvalue weighted by Gasteiger charge is 2.31. The molecule has 0 radical (unpaired) electrons. The smallest absolute Gasteiger partial charge is 0.243 e. The Morgan fingerprint density at radius 2 is 1.77 bits per heavy atom. The van der Waals surface area contributed by atoms with E-state index in [1.807, 2.05) is 36.4 Å². The van der Waals surface area contributed by atoms with Crippen molar-refractivity contribution in [3.63, 3.8) is 0 Å². The van der Waals surface area contributed by atoms with E-state index in [0.717, 1.165) is 46.2 Å². The van der Waals surface area contributed by atoms with Crippen LogP contribution in [0, 0.1) is 0 Å². The number of ether oxygens (including phenoxy) is 1. The SMILES string of the molecule is CCc1ccc(S(=O)(=O)N2CCC(c3nnc(-c4ccccc4OC)s3)CC2)cc1. The molecule has 1 aliphatic rings. The molecule has 8 heteroatoms. The lowest BCUT2D eigenvalue weighted by atomic mass is 9.99. The van der Waals surface area contributed by atoms with E-state index in [1.54, 1.807) is 34.9 Å². The van der Waals surface area contributed by atoms with Crippen molar-refractivity contribution in [2.24, 2.45) is 0 Å². The summed E-state index contributed by atoms with van der Waals surface area (Å²) in [5.74, 6) is 0.995. The first-order chi connectivity index (χ1) is 14.5. The highest BCUT2D eigenvalue weighted by molar-refractivity contribution is 7.89. The molecular weight excluding hydrogens is 418 g/mol. The molecule has 0 atom stereocenters. The average molecular weight is 444 g/mol. The van der Waals surface area contributed by atoms with E-state index in [4.69, 9.17) is 4.74 Å². The molecule has 6 nitrogen and oxygen atoms in total. The molecule has 158 valence electrons. The van der Waals surface area contributed by atoms with Gasteiger partial charge in [0.1, 0.15) is 10.8 Å². The van der Waals surface area contributed by atoms with Crippen LogP contribution in [-0.4, -0.2) is 43.1 Å². The summed E-state index contributed by atoms with van der Waals surface area (Å²) in [6.07, 6.45) is 2.38. The summed E-state index contributed by atoms with van der Waals surface area (Å²) in [7, 11) is -1.81. The van der Waals surface area contributed by atoms with Crippen molar-refractivity contribution in [2.75, 3.05) is 20.2 Å². The molecule has 0 unspecified atom stereocenters. The summed E-state index contributed by atoms with van der Waals surface area (Å²) in [5, 5.41) is 10.5. The number of sulfonamides is 1. The van der Waals surface area contributed by atoms with Gasteiger partial charge in [-0.1, -0.05) is 42.5 Å².